The summed E-state index contributed by atoms with van der Waals surface area (Å²) in [6.07, 6.45) is -1.42. The Morgan fingerprint density at radius 1 is 1.18 bits per heavy atom. The SMILES string of the molecule is COc1ncc(-c2cc(C(F)(F)F)c3c(N)ncnn23)cc1C(=O)N[C@@H]1CN([C@H](C)c2cncc(F)c2)C[C@@H]1F. The van der Waals surface area contributed by atoms with Crippen LogP contribution in [-0.4, -0.2) is 67.8 Å². The van der Waals surface area contributed by atoms with Crippen LogP contribution in [0.25, 0.3) is 16.8 Å². The van der Waals surface area contributed by atoms with Crippen molar-refractivity contribution in [2.75, 3.05) is 25.9 Å². The minimum Gasteiger partial charge on any atom is -0.480 e. The van der Waals surface area contributed by atoms with E-state index in [1.54, 1.807) is 11.8 Å². The quantitative estimate of drug-likeness (QED) is 0.343. The number of nitrogen functional groups attached to an aromatic ring is 1. The van der Waals surface area contributed by atoms with Crippen LogP contribution in [0, 0.1) is 5.82 Å². The fourth-order valence-corrected chi connectivity index (χ4v) is 4.77. The Morgan fingerprint density at radius 2 is 1.95 bits per heavy atom. The number of carbonyl (C=O) groups excluding carboxylic acids is 1. The number of rotatable bonds is 6. The zero-order chi connectivity index (χ0) is 28.8. The van der Waals surface area contributed by atoms with E-state index in [1.807, 2.05) is 0 Å². The van der Waals surface area contributed by atoms with Crippen molar-refractivity contribution in [1.29, 1.82) is 0 Å². The summed E-state index contributed by atoms with van der Waals surface area (Å²) in [6, 6.07) is 2.13. The summed E-state index contributed by atoms with van der Waals surface area (Å²) in [7, 11) is 1.27. The number of hydrogen-bond acceptors (Lipinski definition) is 8. The van der Waals surface area contributed by atoms with Gasteiger partial charge >= 0.3 is 6.18 Å². The number of nitrogens with zero attached hydrogens (tertiary/aromatic N) is 6. The maximum absolute atomic E-state index is 15.0. The molecule has 4 aromatic rings. The number of amides is 1. The zero-order valence-corrected chi connectivity index (χ0v) is 21.2. The highest BCUT2D eigenvalue weighted by Crippen LogP contribution is 2.39. The van der Waals surface area contributed by atoms with Gasteiger partial charge in [0.05, 0.1) is 30.6 Å². The lowest BCUT2D eigenvalue weighted by Crippen LogP contribution is -2.41. The molecule has 1 saturated heterocycles. The Balaban J connectivity index is 1.43. The first kappa shape index (κ1) is 27.2. The molecule has 0 radical (unpaired) electrons. The second-order valence-electron chi connectivity index (χ2n) is 9.29. The molecule has 1 fully saturated rings. The molecular weight excluding hydrogens is 539 g/mol. The first-order chi connectivity index (χ1) is 19.0. The van der Waals surface area contributed by atoms with E-state index in [9.17, 15) is 26.7 Å². The largest absolute Gasteiger partial charge is 0.480 e. The lowest BCUT2D eigenvalue weighted by molar-refractivity contribution is -0.136. The third-order valence-corrected chi connectivity index (χ3v) is 6.82. The number of pyridine rings is 2. The minimum atomic E-state index is -4.76. The fourth-order valence-electron chi connectivity index (χ4n) is 4.77. The van der Waals surface area contributed by atoms with Gasteiger partial charge in [-0.25, -0.2) is 23.3 Å². The standard InChI is InChI=1S/C25H23F5N8O2/c1-12(13-3-15(26)8-32-6-13)37-9-18(27)19(10-37)36-23(39)16-4-14(7-33-24(16)40-2)20-5-17(25(28,29)30)21-22(31)34-11-35-38(20)21/h3-8,11-12,18-19H,9-10H2,1-2H3,(H,36,39)(H2,31,34,35)/t12-,18+,19-/m1/s1. The van der Waals surface area contributed by atoms with Crippen LogP contribution in [-0.2, 0) is 6.18 Å². The number of fused-ring (bicyclic) bond motifs is 1. The molecule has 0 aromatic carbocycles. The van der Waals surface area contributed by atoms with Gasteiger partial charge in [0, 0.05) is 37.1 Å². The highest BCUT2D eigenvalue weighted by Gasteiger charge is 2.38. The molecule has 4 aromatic heterocycles. The summed E-state index contributed by atoms with van der Waals surface area (Å²) in [4.78, 5) is 26.6. The van der Waals surface area contributed by atoms with Gasteiger partial charge in [-0.2, -0.15) is 18.3 Å². The molecule has 5 heterocycles. The van der Waals surface area contributed by atoms with Crippen molar-refractivity contribution in [1.82, 2.24) is 34.8 Å². The van der Waals surface area contributed by atoms with E-state index < -0.39 is 41.2 Å². The van der Waals surface area contributed by atoms with Gasteiger partial charge in [0.25, 0.3) is 5.91 Å². The average Bonchev–Trinajstić information content (AvgIpc) is 3.49. The highest BCUT2D eigenvalue weighted by atomic mass is 19.4. The number of aromatic nitrogens is 5. The molecule has 0 saturated carbocycles. The van der Waals surface area contributed by atoms with Crippen LogP contribution in [0.2, 0.25) is 0 Å². The Bertz CT molecular complexity index is 1580. The number of nitrogens with two attached hydrogens (primary N) is 1. The van der Waals surface area contributed by atoms with Crippen LogP contribution in [0.5, 0.6) is 5.88 Å². The molecule has 3 atom stereocenters. The molecule has 40 heavy (non-hydrogen) atoms. The van der Waals surface area contributed by atoms with Crippen LogP contribution < -0.4 is 15.8 Å². The lowest BCUT2D eigenvalue weighted by atomic mass is 10.1. The van der Waals surface area contributed by atoms with Gasteiger partial charge < -0.3 is 15.8 Å². The third kappa shape index (κ3) is 4.99. The second kappa shape index (κ2) is 10.3. The first-order valence-corrected chi connectivity index (χ1v) is 12.0. The number of carbonyl (C=O) groups is 1. The Labute approximate surface area is 224 Å². The monoisotopic (exact) mass is 562 g/mol. The molecule has 0 unspecified atom stereocenters. The molecule has 10 nitrogen and oxygen atoms in total. The minimum absolute atomic E-state index is 0.0183. The summed E-state index contributed by atoms with van der Waals surface area (Å²) in [6.45, 7) is 1.88. The fraction of sp³-hybridized carbons (Fsp3) is 0.320. The predicted octanol–water partition coefficient (Wildman–Crippen LogP) is 3.45. The van der Waals surface area contributed by atoms with Crippen LogP contribution in [0.1, 0.15) is 34.5 Å². The van der Waals surface area contributed by atoms with Crippen LogP contribution in [0.15, 0.2) is 43.1 Å². The Hall–Kier alpha value is -4.40. The summed E-state index contributed by atoms with van der Waals surface area (Å²) in [5.74, 6) is -1.75. The smallest absolute Gasteiger partial charge is 0.418 e. The van der Waals surface area contributed by atoms with E-state index >= 15 is 0 Å². The summed E-state index contributed by atoms with van der Waals surface area (Å²) < 4.78 is 76.0. The molecule has 15 heteroatoms. The van der Waals surface area contributed by atoms with Gasteiger partial charge in [-0.15, -0.1) is 0 Å². The number of likely N-dealkylation sites (tertiary alicyclic amines) is 1. The van der Waals surface area contributed by atoms with Crippen molar-refractivity contribution in [2.45, 2.75) is 31.4 Å². The molecule has 0 aliphatic carbocycles. The molecule has 1 aliphatic heterocycles. The molecule has 3 N–H and O–H groups in total. The van der Waals surface area contributed by atoms with Crippen LogP contribution >= 0.6 is 0 Å². The molecular formula is C25H23F5N8O2. The number of hydrogen-bond donors (Lipinski definition) is 2. The van der Waals surface area contributed by atoms with E-state index in [0.717, 1.165) is 23.1 Å². The van der Waals surface area contributed by atoms with E-state index in [0.29, 0.717) is 5.56 Å². The molecule has 5 rings (SSSR count). The first-order valence-electron chi connectivity index (χ1n) is 12.0. The summed E-state index contributed by atoms with van der Waals surface area (Å²) >= 11 is 0. The maximum Gasteiger partial charge on any atom is 0.418 e. The van der Waals surface area contributed by atoms with Crippen LogP contribution in [0.4, 0.5) is 27.8 Å². The third-order valence-electron chi connectivity index (χ3n) is 6.82. The van der Waals surface area contributed by atoms with Crippen molar-refractivity contribution in [3.63, 3.8) is 0 Å². The highest BCUT2D eigenvalue weighted by molar-refractivity contribution is 5.98. The lowest BCUT2D eigenvalue weighted by Gasteiger charge is -2.24. The van der Waals surface area contributed by atoms with Gasteiger partial charge in [0.15, 0.2) is 5.82 Å². The van der Waals surface area contributed by atoms with E-state index in [4.69, 9.17) is 10.5 Å². The van der Waals surface area contributed by atoms with Crippen molar-refractivity contribution >= 4 is 17.2 Å². The second-order valence-corrected chi connectivity index (χ2v) is 9.29. The van der Waals surface area contributed by atoms with Crippen molar-refractivity contribution in [3.8, 4) is 17.1 Å². The molecule has 1 amide bonds. The Morgan fingerprint density at radius 3 is 2.65 bits per heavy atom. The van der Waals surface area contributed by atoms with Crippen molar-refractivity contribution in [3.05, 3.63) is 65.6 Å². The van der Waals surface area contributed by atoms with Gasteiger partial charge in [-0.3, -0.25) is 14.7 Å². The maximum atomic E-state index is 15.0. The average molecular weight is 563 g/mol. The van der Waals surface area contributed by atoms with Gasteiger partial charge in [-0.1, -0.05) is 0 Å². The number of ether oxygens (including phenoxy) is 1. The number of methoxy groups -OCH3 is 1. The number of alkyl halides is 4. The topological polar surface area (TPSA) is 124 Å². The normalized spacial score (nSPS) is 18.7. The number of anilines is 1. The zero-order valence-electron chi connectivity index (χ0n) is 21.2. The predicted molar refractivity (Wildman–Crippen MR) is 133 cm³/mol. The van der Waals surface area contributed by atoms with Crippen LogP contribution in [0.3, 0.4) is 0 Å². The van der Waals surface area contributed by atoms with Gasteiger partial charge in [0.2, 0.25) is 5.88 Å². The van der Waals surface area contributed by atoms with E-state index in [1.165, 1.54) is 31.6 Å². The van der Waals surface area contributed by atoms with Crippen molar-refractivity contribution in [2.24, 2.45) is 0 Å². The van der Waals surface area contributed by atoms with Crippen molar-refractivity contribution < 1.29 is 31.5 Å². The summed E-state index contributed by atoms with van der Waals surface area (Å²) in [5.41, 5.74) is 4.70. The number of halogens is 5. The number of nitrogens with one attached hydrogen (secondary N) is 1. The van der Waals surface area contributed by atoms with E-state index in [2.05, 4.69) is 25.4 Å². The van der Waals surface area contributed by atoms with Gasteiger partial charge in [-0.05, 0) is 30.7 Å². The summed E-state index contributed by atoms with van der Waals surface area (Å²) in [5, 5.41) is 6.52. The molecule has 210 valence electrons. The molecule has 0 bridgehead atoms. The van der Waals surface area contributed by atoms with E-state index in [-0.39, 0.29) is 47.7 Å². The Kier molecular flexibility index (Phi) is 6.99. The molecule has 0 spiro atoms. The molecule has 1 aliphatic rings. The van der Waals surface area contributed by atoms with Gasteiger partial charge in [0.1, 0.15) is 29.4 Å².